The number of sulfone groups is 1. The lowest BCUT2D eigenvalue weighted by atomic mass is 9.97. The summed E-state index contributed by atoms with van der Waals surface area (Å²) in [4.78, 5) is 33.8. The van der Waals surface area contributed by atoms with Gasteiger partial charge in [0.05, 0.1) is 34.8 Å². The first-order chi connectivity index (χ1) is 19.2. The summed E-state index contributed by atoms with van der Waals surface area (Å²) in [7, 11) is -4.07. The summed E-state index contributed by atoms with van der Waals surface area (Å²) in [5, 5.41) is 19.5. The Balaban J connectivity index is 2.00. The van der Waals surface area contributed by atoms with E-state index in [9.17, 15) is 41.5 Å². The molecular weight excluding hydrogens is 563 g/mol. The average molecular weight is 588 g/mol. The molecule has 214 valence electrons. The summed E-state index contributed by atoms with van der Waals surface area (Å²) in [6.07, 6.45) is -3.98. The highest BCUT2D eigenvalue weighted by atomic mass is 32.2. The predicted molar refractivity (Wildman–Crippen MR) is 140 cm³/mol. The van der Waals surface area contributed by atoms with E-state index in [4.69, 9.17) is 6.57 Å². The van der Waals surface area contributed by atoms with Gasteiger partial charge in [-0.25, -0.2) is 27.8 Å². The van der Waals surface area contributed by atoms with Crippen LogP contribution < -0.4 is 4.90 Å². The van der Waals surface area contributed by atoms with Crippen molar-refractivity contribution in [1.82, 2.24) is 9.80 Å². The normalized spacial score (nSPS) is 20.1. The fourth-order valence-electron chi connectivity index (χ4n) is 4.97. The fraction of sp³-hybridized carbons (Fsp3) is 0.333. The minimum Gasteiger partial charge on any atom is -0.391 e. The first-order valence-electron chi connectivity index (χ1n) is 12.3. The lowest BCUT2D eigenvalue weighted by Gasteiger charge is -2.43. The number of amides is 4. The monoisotopic (exact) mass is 587 g/mol. The quantitative estimate of drug-likeness (QED) is 0.520. The van der Waals surface area contributed by atoms with Crippen LogP contribution >= 0.6 is 0 Å². The zero-order chi connectivity index (χ0) is 30.3. The van der Waals surface area contributed by atoms with Crippen LogP contribution in [0.15, 0.2) is 58.8 Å². The molecule has 2 aromatic carbocycles. The third kappa shape index (κ3) is 5.62. The summed E-state index contributed by atoms with van der Waals surface area (Å²) in [6, 6.07) is 5.55. The number of benzene rings is 2. The van der Waals surface area contributed by atoms with Crippen molar-refractivity contribution in [1.29, 1.82) is 5.26 Å². The standard InChI is InChI=1S/C27H24F3N5O5S/c1-16-23(32-2)24(21-10-9-17(14-31)12-22(21)41(3,39)40)35(25(37)33-11-5-8-20(36)15-33)26(38)34(16)19-7-4-6-18(13-19)27(28,29)30/h4,6-7,9-10,12-13,20,24,36H,5,8,11,15H2,1,3H3/t20?,24-/m1/s1. The summed E-state index contributed by atoms with van der Waals surface area (Å²) >= 11 is 0. The molecule has 1 N–H and O–H groups in total. The number of β-amino-alcohol motifs (C(OH)–C–C–N with tert-alkyl or cyclic N) is 1. The average Bonchev–Trinajstić information content (AvgIpc) is 2.91. The molecule has 4 amide bonds. The van der Waals surface area contributed by atoms with Gasteiger partial charge in [-0.3, -0.25) is 4.90 Å². The SMILES string of the molecule is [C-]#[N+]C1=C(C)N(c2cccc(C(F)(F)F)c2)C(=O)N(C(=O)N2CCCC(O)C2)[C@@H]1c1ccc(C#N)cc1S(C)(=O)=O. The first-order valence-corrected chi connectivity index (χ1v) is 14.2. The van der Waals surface area contributed by atoms with E-state index in [2.05, 4.69) is 4.85 Å². The Morgan fingerprint density at radius 2 is 1.93 bits per heavy atom. The number of anilines is 1. The van der Waals surface area contributed by atoms with Crippen LogP contribution in [0.1, 0.15) is 42.5 Å². The lowest BCUT2D eigenvalue weighted by molar-refractivity contribution is -0.137. The van der Waals surface area contributed by atoms with E-state index in [1.165, 1.54) is 30.0 Å². The van der Waals surface area contributed by atoms with Gasteiger partial charge in [-0.2, -0.15) is 18.4 Å². The number of aliphatic hydroxyl groups is 1. The smallest absolute Gasteiger partial charge is 0.391 e. The molecule has 0 radical (unpaired) electrons. The number of urea groups is 2. The predicted octanol–water partition coefficient (Wildman–Crippen LogP) is 4.69. The van der Waals surface area contributed by atoms with Gasteiger partial charge >= 0.3 is 18.2 Å². The van der Waals surface area contributed by atoms with Gasteiger partial charge in [0.25, 0.3) is 0 Å². The van der Waals surface area contributed by atoms with Gasteiger partial charge in [0.2, 0.25) is 5.70 Å². The van der Waals surface area contributed by atoms with Crippen LogP contribution in [0.2, 0.25) is 0 Å². The van der Waals surface area contributed by atoms with E-state index in [1.807, 2.05) is 6.07 Å². The highest BCUT2D eigenvalue weighted by Gasteiger charge is 2.47. The van der Waals surface area contributed by atoms with Gasteiger partial charge < -0.3 is 10.0 Å². The van der Waals surface area contributed by atoms with Crippen LogP contribution in [-0.4, -0.2) is 60.8 Å². The van der Waals surface area contributed by atoms with Crippen molar-refractivity contribution in [3.63, 3.8) is 0 Å². The molecule has 2 atom stereocenters. The zero-order valence-corrected chi connectivity index (χ0v) is 22.7. The van der Waals surface area contributed by atoms with Crippen LogP contribution in [0, 0.1) is 17.9 Å². The molecule has 4 rings (SSSR count). The van der Waals surface area contributed by atoms with Crippen LogP contribution in [0.3, 0.4) is 0 Å². The number of piperidine rings is 1. The molecule has 41 heavy (non-hydrogen) atoms. The second-order valence-corrected chi connectivity index (χ2v) is 11.7. The van der Waals surface area contributed by atoms with E-state index < -0.39 is 50.7 Å². The third-order valence-corrected chi connectivity index (χ3v) is 8.04. The topological polar surface area (TPSA) is 126 Å². The molecule has 2 aliphatic heterocycles. The summed E-state index contributed by atoms with van der Waals surface area (Å²) in [6.45, 7) is 9.24. The zero-order valence-electron chi connectivity index (χ0n) is 21.9. The molecule has 1 fully saturated rings. The highest BCUT2D eigenvalue weighted by molar-refractivity contribution is 7.90. The number of rotatable bonds is 3. The Hall–Kier alpha value is -4.40. The van der Waals surface area contributed by atoms with E-state index in [1.54, 1.807) is 0 Å². The number of nitrogens with zero attached hydrogens (tertiary/aromatic N) is 5. The minimum absolute atomic E-state index is 0.0241. The number of aliphatic hydroxyl groups excluding tert-OH is 1. The van der Waals surface area contributed by atoms with Crippen molar-refractivity contribution >= 4 is 27.6 Å². The maximum Gasteiger partial charge on any atom is 0.416 e. The fourth-order valence-corrected chi connectivity index (χ4v) is 5.92. The maximum atomic E-state index is 14.1. The second kappa shape index (κ2) is 10.9. The second-order valence-electron chi connectivity index (χ2n) is 9.68. The Morgan fingerprint density at radius 1 is 1.22 bits per heavy atom. The molecule has 0 saturated carbocycles. The maximum absolute atomic E-state index is 14.1. The molecular formula is C27H24F3N5O5S. The number of nitriles is 1. The van der Waals surface area contributed by atoms with Crippen LogP contribution in [-0.2, 0) is 16.0 Å². The number of hydrogen-bond acceptors (Lipinski definition) is 6. The van der Waals surface area contributed by atoms with E-state index in [0.717, 1.165) is 29.4 Å². The lowest BCUT2D eigenvalue weighted by Crippen LogP contribution is -2.57. The van der Waals surface area contributed by atoms with Crippen molar-refractivity contribution < 1.29 is 36.3 Å². The number of alkyl halides is 3. The molecule has 2 heterocycles. The Kier molecular flexibility index (Phi) is 7.85. The largest absolute Gasteiger partial charge is 0.416 e. The van der Waals surface area contributed by atoms with Gasteiger partial charge in [0.1, 0.15) is 6.04 Å². The molecule has 1 saturated heterocycles. The molecule has 2 aromatic rings. The molecule has 1 unspecified atom stereocenters. The number of allylic oxidation sites excluding steroid dienone is 1. The van der Waals surface area contributed by atoms with E-state index in [0.29, 0.717) is 23.8 Å². The first kappa shape index (κ1) is 29.6. The summed E-state index contributed by atoms with van der Waals surface area (Å²) in [5.41, 5.74) is -1.89. The molecule has 14 heteroatoms. The number of hydrogen-bond donors (Lipinski definition) is 1. The van der Waals surface area contributed by atoms with Crippen molar-refractivity contribution in [3.8, 4) is 6.07 Å². The van der Waals surface area contributed by atoms with Gasteiger partial charge in [-0.1, -0.05) is 12.1 Å². The Bertz CT molecular complexity index is 1640. The van der Waals surface area contributed by atoms with Gasteiger partial charge in [-0.05, 0) is 55.7 Å². The molecule has 10 nitrogen and oxygen atoms in total. The molecule has 2 aliphatic rings. The Morgan fingerprint density at radius 3 is 2.51 bits per heavy atom. The third-order valence-electron chi connectivity index (χ3n) is 6.88. The number of carbonyl (C=O) groups excluding carboxylic acids is 2. The number of imide groups is 1. The molecule has 0 spiro atoms. The van der Waals surface area contributed by atoms with Crippen LogP contribution in [0.4, 0.5) is 28.4 Å². The number of halogens is 3. The van der Waals surface area contributed by atoms with Crippen molar-refractivity contribution in [3.05, 3.63) is 82.0 Å². The van der Waals surface area contributed by atoms with E-state index >= 15 is 0 Å². The van der Waals surface area contributed by atoms with Crippen molar-refractivity contribution in [2.75, 3.05) is 24.2 Å². The molecule has 0 bridgehead atoms. The van der Waals surface area contributed by atoms with Crippen molar-refractivity contribution in [2.24, 2.45) is 0 Å². The number of carbonyl (C=O) groups is 2. The van der Waals surface area contributed by atoms with Gasteiger partial charge in [0.15, 0.2) is 9.84 Å². The van der Waals surface area contributed by atoms with Crippen molar-refractivity contribution in [2.45, 2.75) is 43.0 Å². The highest BCUT2D eigenvalue weighted by Crippen LogP contribution is 2.43. The molecule has 0 aromatic heterocycles. The van der Waals surface area contributed by atoms with Gasteiger partial charge in [0, 0.05) is 30.7 Å². The van der Waals surface area contributed by atoms with Gasteiger partial charge in [-0.15, -0.1) is 0 Å². The minimum atomic E-state index is -4.75. The summed E-state index contributed by atoms with van der Waals surface area (Å²) < 4.78 is 66.2. The van der Waals surface area contributed by atoms with Crippen LogP contribution in [0.25, 0.3) is 4.85 Å². The van der Waals surface area contributed by atoms with Crippen LogP contribution in [0.5, 0.6) is 0 Å². The Labute approximate surface area is 234 Å². The van der Waals surface area contributed by atoms with E-state index in [-0.39, 0.29) is 41.3 Å². The summed E-state index contributed by atoms with van der Waals surface area (Å²) in [5.74, 6) is 0. The molecule has 0 aliphatic carbocycles. The number of likely N-dealkylation sites (tertiary alicyclic amines) is 1.